The van der Waals surface area contributed by atoms with Crippen LogP contribution in [0.15, 0.2) is 18.2 Å². The van der Waals surface area contributed by atoms with Crippen molar-refractivity contribution < 1.29 is 9.66 Å². The second-order valence-electron chi connectivity index (χ2n) is 5.51. The molecule has 0 amide bonds. The third-order valence-electron chi connectivity index (χ3n) is 4.09. The number of nitro groups is 1. The molecule has 0 saturated heterocycles. The summed E-state index contributed by atoms with van der Waals surface area (Å²) in [6, 6.07) is 5.42. The minimum Gasteiger partial charge on any atom is -0.490 e. The molecule has 2 atom stereocenters. The van der Waals surface area contributed by atoms with Crippen LogP contribution in [0.25, 0.3) is 0 Å². The molecule has 2 unspecified atom stereocenters. The fourth-order valence-corrected chi connectivity index (χ4v) is 2.84. The van der Waals surface area contributed by atoms with Crippen molar-refractivity contribution in [2.75, 3.05) is 12.4 Å². The Hall–Kier alpha value is -1.78. The topological polar surface area (TPSA) is 64.4 Å². The van der Waals surface area contributed by atoms with Gasteiger partial charge in [0.1, 0.15) is 0 Å². The normalized spacial score (nSPS) is 22.9. The van der Waals surface area contributed by atoms with Gasteiger partial charge in [-0.15, -0.1) is 0 Å². The third-order valence-corrected chi connectivity index (χ3v) is 4.09. The van der Waals surface area contributed by atoms with Gasteiger partial charge in [-0.05, 0) is 24.8 Å². The number of nitro benzene ring substituents is 1. The Kier molecular flexibility index (Phi) is 4.82. The Morgan fingerprint density at radius 2 is 2.05 bits per heavy atom. The third kappa shape index (κ3) is 3.40. The molecule has 20 heavy (non-hydrogen) atoms. The van der Waals surface area contributed by atoms with Crippen molar-refractivity contribution in [3.63, 3.8) is 0 Å². The molecule has 0 heterocycles. The van der Waals surface area contributed by atoms with Crippen LogP contribution in [0.3, 0.4) is 0 Å². The van der Waals surface area contributed by atoms with Crippen LogP contribution in [0, 0.1) is 16.0 Å². The summed E-state index contributed by atoms with van der Waals surface area (Å²) in [5.41, 5.74) is 0.901. The van der Waals surface area contributed by atoms with E-state index in [1.54, 1.807) is 12.1 Å². The van der Waals surface area contributed by atoms with E-state index in [4.69, 9.17) is 4.74 Å². The molecule has 1 N–H and O–H groups in total. The second-order valence-corrected chi connectivity index (χ2v) is 5.51. The Morgan fingerprint density at radius 1 is 1.30 bits per heavy atom. The van der Waals surface area contributed by atoms with E-state index in [9.17, 15) is 10.1 Å². The molecular formula is C15H22N2O3. The molecule has 1 fully saturated rings. The van der Waals surface area contributed by atoms with Crippen molar-refractivity contribution in [2.45, 2.75) is 45.1 Å². The highest BCUT2D eigenvalue weighted by atomic mass is 16.6. The fraction of sp³-hybridized carbons (Fsp3) is 0.600. The number of benzene rings is 1. The molecule has 110 valence electrons. The average molecular weight is 278 g/mol. The number of ether oxygens (including phenoxy) is 1. The molecule has 1 aromatic rings. The summed E-state index contributed by atoms with van der Waals surface area (Å²) >= 11 is 0. The number of rotatable bonds is 4. The fourth-order valence-electron chi connectivity index (χ4n) is 2.84. The van der Waals surface area contributed by atoms with Gasteiger partial charge in [0.2, 0.25) is 0 Å². The van der Waals surface area contributed by atoms with Crippen LogP contribution in [-0.2, 0) is 0 Å². The molecule has 1 aromatic carbocycles. The number of hydrogen-bond donors (Lipinski definition) is 1. The van der Waals surface area contributed by atoms with Crippen LogP contribution in [0.2, 0.25) is 0 Å². The molecule has 5 nitrogen and oxygen atoms in total. The van der Waals surface area contributed by atoms with E-state index in [2.05, 4.69) is 12.2 Å². The van der Waals surface area contributed by atoms with Gasteiger partial charge in [-0.3, -0.25) is 10.1 Å². The van der Waals surface area contributed by atoms with Crippen molar-refractivity contribution in [1.82, 2.24) is 0 Å². The highest BCUT2D eigenvalue weighted by Gasteiger charge is 2.21. The van der Waals surface area contributed by atoms with Crippen molar-refractivity contribution in [3.8, 4) is 5.75 Å². The van der Waals surface area contributed by atoms with Gasteiger partial charge in [-0.2, -0.15) is 0 Å². The zero-order valence-electron chi connectivity index (χ0n) is 12.1. The summed E-state index contributed by atoms with van der Waals surface area (Å²) in [5.74, 6) is 0.931. The van der Waals surface area contributed by atoms with Gasteiger partial charge >= 0.3 is 5.69 Å². The van der Waals surface area contributed by atoms with E-state index < -0.39 is 4.92 Å². The molecule has 0 spiro atoms. The van der Waals surface area contributed by atoms with Crippen molar-refractivity contribution in [2.24, 2.45) is 5.92 Å². The standard InChI is InChI=1S/C15H22N2O3/c1-11-6-4-3-5-7-13(11)16-12-8-9-14(17(18)19)15(10-12)20-2/h8-11,13,16H,3-7H2,1-2H3. The van der Waals surface area contributed by atoms with Crippen LogP contribution in [0.4, 0.5) is 11.4 Å². The van der Waals surface area contributed by atoms with Gasteiger partial charge in [-0.25, -0.2) is 0 Å². The zero-order chi connectivity index (χ0) is 14.5. The van der Waals surface area contributed by atoms with Gasteiger partial charge in [-0.1, -0.05) is 26.2 Å². The van der Waals surface area contributed by atoms with Crippen molar-refractivity contribution in [3.05, 3.63) is 28.3 Å². The van der Waals surface area contributed by atoms with Crippen LogP contribution in [0.1, 0.15) is 39.0 Å². The summed E-state index contributed by atoms with van der Waals surface area (Å²) < 4.78 is 5.11. The predicted molar refractivity (Wildman–Crippen MR) is 79.3 cm³/mol. The number of methoxy groups -OCH3 is 1. The summed E-state index contributed by atoms with van der Waals surface area (Å²) in [4.78, 5) is 10.5. The summed E-state index contributed by atoms with van der Waals surface area (Å²) in [5, 5.41) is 14.4. The Balaban J connectivity index is 2.14. The highest BCUT2D eigenvalue weighted by Crippen LogP contribution is 2.32. The van der Waals surface area contributed by atoms with E-state index in [1.807, 2.05) is 0 Å². The summed E-state index contributed by atoms with van der Waals surface area (Å²) in [7, 11) is 1.46. The monoisotopic (exact) mass is 278 g/mol. The maximum atomic E-state index is 10.9. The quantitative estimate of drug-likeness (QED) is 0.514. The average Bonchev–Trinajstić information content (AvgIpc) is 2.64. The molecule has 2 rings (SSSR count). The number of nitrogens with one attached hydrogen (secondary N) is 1. The zero-order valence-corrected chi connectivity index (χ0v) is 12.1. The molecular weight excluding hydrogens is 256 g/mol. The smallest absolute Gasteiger partial charge is 0.311 e. The van der Waals surface area contributed by atoms with Crippen LogP contribution >= 0.6 is 0 Å². The van der Waals surface area contributed by atoms with Crippen LogP contribution < -0.4 is 10.1 Å². The lowest BCUT2D eigenvalue weighted by Gasteiger charge is -2.24. The van der Waals surface area contributed by atoms with Crippen molar-refractivity contribution >= 4 is 11.4 Å². The number of anilines is 1. The molecule has 1 aliphatic carbocycles. The summed E-state index contributed by atoms with van der Waals surface area (Å²) in [6.45, 7) is 2.27. The summed E-state index contributed by atoms with van der Waals surface area (Å²) in [6.07, 6.45) is 6.23. The Labute approximate surface area is 119 Å². The number of nitrogens with zero attached hydrogens (tertiary/aromatic N) is 1. The maximum absolute atomic E-state index is 10.9. The molecule has 0 radical (unpaired) electrons. The van der Waals surface area contributed by atoms with E-state index in [0.717, 1.165) is 12.1 Å². The van der Waals surface area contributed by atoms with E-state index in [-0.39, 0.29) is 5.69 Å². The van der Waals surface area contributed by atoms with Gasteiger partial charge in [0, 0.05) is 23.9 Å². The van der Waals surface area contributed by atoms with E-state index in [0.29, 0.717) is 17.7 Å². The molecule has 0 aromatic heterocycles. The molecule has 1 aliphatic rings. The molecule has 0 aliphatic heterocycles. The van der Waals surface area contributed by atoms with Gasteiger partial charge in [0.05, 0.1) is 12.0 Å². The first-order valence-corrected chi connectivity index (χ1v) is 7.21. The lowest BCUT2D eigenvalue weighted by Crippen LogP contribution is -2.26. The maximum Gasteiger partial charge on any atom is 0.311 e. The van der Waals surface area contributed by atoms with Crippen molar-refractivity contribution in [1.29, 1.82) is 0 Å². The van der Waals surface area contributed by atoms with Crippen LogP contribution in [-0.4, -0.2) is 18.1 Å². The first-order valence-electron chi connectivity index (χ1n) is 7.21. The lowest BCUT2D eigenvalue weighted by atomic mass is 9.96. The Bertz CT molecular complexity index is 476. The van der Waals surface area contributed by atoms with E-state index >= 15 is 0 Å². The first-order chi connectivity index (χ1) is 9.61. The van der Waals surface area contributed by atoms with Gasteiger partial charge in [0.15, 0.2) is 5.75 Å². The first kappa shape index (κ1) is 14.6. The predicted octanol–water partition coefficient (Wildman–Crippen LogP) is 3.98. The lowest BCUT2D eigenvalue weighted by molar-refractivity contribution is -0.385. The second kappa shape index (κ2) is 6.59. The van der Waals surface area contributed by atoms with Gasteiger partial charge in [0.25, 0.3) is 0 Å². The number of hydrogen-bond acceptors (Lipinski definition) is 4. The SMILES string of the molecule is COc1cc(NC2CCCCCC2C)ccc1[N+](=O)[O-]. The molecule has 5 heteroatoms. The molecule has 1 saturated carbocycles. The minimum atomic E-state index is -0.420. The largest absolute Gasteiger partial charge is 0.490 e. The minimum absolute atomic E-state index is 0.00645. The molecule has 0 bridgehead atoms. The van der Waals surface area contributed by atoms with Crippen LogP contribution in [0.5, 0.6) is 5.75 Å². The van der Waals surface area contributed by atoms with E-state index in [1.165, 1.54) is 38.9 Å². The highest BCUT2D eigenvalue weighted by molar-refractivity contribution is 5.58. The Morgan fingerprint density at radius 3 is 2.75 bits per heavy atom. The van der Waals surface area contributed by atoms with Gasteiger partial charge < -0.3 is 10.1 Å².